The number of benzene rings is 2. The summed E-state index contributed by atoms with van der Waals surface area (Å²) in [5.41, 5.74) is 2.03. The molecule has 0 radical (unpaired) electrons. The number of guanidine groups is 1. The first-order valence-corrected chi connectivity index (χ1v) is 9.12. The molecule has 0 unspecified atom stereocenters. The molecule has 1 aromatic heterocycles. The van der Waals surface area contributed by atoms with Crippen LogP contribution in [0.15, 0.2) is 59.9 Å². The number of aliphatic imine (C=N–C) groups is 1. The molecule has 0 saturated carbocycles. The summed E-state index contributed by atoms with van der Waals surface area (Å²) in [5.74, 6) is 0.710. The van der Waals surface area contributed by atoms with Crippen molar-refractivity contribution < 1.29 is 8.78 Å². The van der Waals surface area contributed by atoms with E-state index in [-0.39, 0.29) is 35.6 Å². The Balaban J connectivity index is 0.00000300. The number of imidazole rings is 1. The average molecular weight is 511 g/mol. The fourth-order valence-corrected chi connectivity index (χ4v) is 2.82. The summed E-state index contributed by atoms with van der Waals surface area (Å²) in [4.78, 5) is 8.58. The van der Waals surface area contributed by atoms with E-state index in [0.29, 0.717) is 31.3 Å². The first-order chi connectivity index (χ1) is 13.6. The molecule has 2 N–H and O–H groups in total. The van der Waals surface area contributed by atoms with E-state index in [9.17, 15) is 8.78 Å². The van der Waals surface area contributed by atoms with Crippen LogP contribution in [0.1, 0.15) is 23.9 Å². The minimum Gasteiger partial charge on any atom is -0.357 e. The number of aryl methyl sites for hydroxylation is 1. The van der Waals surface area contributed by atoms with Crippen molar-refractivity contribution in [3.8, 4) is 5.69 Å². The standard InChI is InChI=1S/C21H23F2N5.HI/c1-3-24-21(26-13-16-5-4-6-18(22)11-16)27-14-17-7-8-20(19(23)12-17)28-10-9-25-15(28)2;/h4-12H,3,13-14H2,1-2H3,(H2,24,26,27);1H. The average Bonchev–Trinajstić information content (AvgIpc) is 3.10. The Kier molecular flexibility index (Phi) is 8.56. The number of rotatable bonds is 6. The van der Waals surface area contributed by atoms with Gasteiger partial charge in [-0.3, -0.25) is 0 Å². The van der Waals surface area contributed by atoms with Crippen LogP contribution in [-0.4, -0.2) is 22.1 Å². The molecule has 0 saturated heterocycles. The van der Waals surface area contributed by atoms with Crippen LogP contribution in [-0.2, 0) is 13.1 Å². The summed E-state index contributed by atoms with van der Waals surface area (Å²) in [7, 11) is 0. The Bertz CT molecular complexity index is 971. The van der Waals surface area contributed by atoms with Gasteiger partial charge in [-0.05, 0) is 49.2 Å². The second kappa shape index (κ2) is 10.9. The number of hydrogen-bond donors (Lipinski definition) is 2. The van der Waals surface area contributed by atoms with Crippen LogP contribution in [0, 0.1) is 18.6 Å². The summed E-state index contributed by atoms with van der Waals surface area (Å²) in [5, 5.41) is 6.31. The van der Waals surface area contributed by atoms with Gasteiger partial charge in [-0.2, -0.15) is 0 Å². The van der Waals surface area contributed by atoms with Gasteiger partial charge in [0, 0.05) is 25.5 Å². The van der Waals surface area contributed by atoms with E-state index in [1.165, 1.54) is 18.2 Å². The zero-order chi connectivity index (χ0) is 19.9. The molecular formula is C21H24F2IN5. The van der Waals surface area contributed by atoms with E-state index in [0.717, 1.165) is 17.0 Å². The van der Waals surface area contributed by atoms with Crippen LogP contribution in [0.3, 0.4) is 0 Å². The highest BCUT2D eigenvalue weighted by Gasteiger charge is 2.08. The quantitative estimate of drug-likeness (QED) is 0.294. The summed E-state index contributed by atoms with van der Waals surface area (Å²) < 4.78 is 29.5. The topological polar surface area (TPSA) is 54.2 Å². The van der Waals surface area contributed by atoms with E-state index in [1.807, 2.05) is 26.0 Å². The lowest BCUT2D eigenvalue weighted by Gasteiger charge is -2.13. The lowest BCUT2D eigenvalue weighted by Crippen LogP contribution is -2.36. The van der Waals surface area contributed by atoms with Gasteiger partial charge in [0.1, 0.15) is 17.5 Å². The molecule has 5 nitrogen and oxygen atoms in total. The first kappa shape index (κ1) is 22.8. The SMILES string of the molecule is CCNC(=NCc1cccc(F)c1)NCc1ccc(-n2ccnc2C)c(F)c1.I. The van der Waals surface area contributed by atoms with Crippen molar-refractivity contribution in [2.75, 3.05) is 6.54 Å². The monoisotopic (exact) mass is 511 g/mol. The van der Waals surface area contributed by atoms with Gasteiger partial charge in [0.25, 0.3) is 0 Å². The van der Waals surface area contributed by atoms with Crippen LogP contribution >= 0.6 is 24.0 Å². The van der Waals surface area contributed by atoms with Crippen molar-refractivity contribution in [3.63, 3.8) is 0 Å². The smallest absolute Gasteiger partial charge is 0.191 e. The van der Waals surface area contributed by atoms with Gasteiger partial charge < -0.3 is 15.2 Å². The second-order valence-corrected chi connectivity index (χ2v) is 6.31. The lowest BCUT2D eigenvalue weighted by atomic mass is 10.2. The van der Waals surface area contributed by atoms with Gasteiger partial charge >= 0.3 is 0 Å². The van der Waals surface area contributed by atoms with Crippen LogP contribution in [0.5, 0.6) is 0 Å². The Morgan fingerprint density at radius 2 is 1.93 bits per heavy atom. The van der Waals surface area contributed by atoms with Crippen LogP contribution in [0.2, 0.25) is 0 Å². The summed E-state index contributed by atoms with van der Waals surface area (Å²) in [6.45, 7) is 5.23. The van der Waals surface area contributed by atoms with E-state index in [4.69, 9.17) is 0 Å². The number of nitrogens with one attached hydrogen (secondary N) is 2. The van der Waals surface area contributed by atoms with Gasteiger partial charge in [-0.25, -0.2) is 18.8 Å². The molecule has 0 bridgehead atoms. The zero-order valence-corrected chi connectivity index (χ0v) is 18.7. The Hall–Kier alpha value is -2.49. The third-order valence-electron chi connectivity index (χ3n) is 4.21. The van der Waals surface area contributed by atoms with Crippen molar-refractivity contribution in [2.24, 2.45) is 4.99 Å². The van der Waals surface area contributed by atoms with Gasteiger partial charge in [-0.15, -0.1) is 24.0 Å². The summed E-state index contributed by atoms with van der Waals surface area (Å²) in [6.07, 6.45) is 3.37. The highest BCUT2D eigenvalue weighted by atomic mass is 127. The van der Waals surface area contributed by atoms with E-state index < -0.39 is 0 Å². The van der Waals surface area contributed by atoms with Gasteiger partial charge in [0.15, 0.2) is 5.96 Å². The normalized spacial score (nSPS) is 11.1. The van der Waals surface area contributed by atoms with Crippen molar-refractivity contribution in [1.82, 2.24) is 20.2 Å². The number of nitrogens with zero attached hydrogens (tertiary/aromatic N) is 3. The highest BCUT2D eigenvalue weighted by molar-refractivity contribution is 14.0. The molecule has 0 aliphatic carbocycles. The summed E-state index contributed by atoms with van der Waals surface area (Å²) in [6, 6.07) is 11.4. The third kappa shape index (κ3) is 6.25. The van der Waals surface area contributed by atoms with Crippen molar-refractivity contribution >= 4 is 29.9 Å². The second-order valence-electron chi connectivity index (χ2n) is 6.31. The molecule has 154 valence electrons. The van der Waals surface area contributed by atoms with E-state index >= 15 is 0 Å². The molecule has 0 atom stereocenters. The predicted molar refractivity (Wildman–Crippen MR) is 122 cm³/mol. The van der Waals surface area contributed by atoms with Gasteiger partial charge in [-0.1, -0.05) is 18.2 Å². The number of halogens is 3. The molecule has 0 spiro atoms. The molecular weight excluding hydrogens is 487 g/mol. The molecule has 0 aliphatic heterocycles. The predicted octanol–water partition coefficient (Wildman–Crippen LogP) is 4.33. The molecule has 0 amide bonds. The van der Waals surface area contributed by atoms with Gasteiger partial charge in [0.05, 0.1) is 12.2 Å². The largest absolute Gasteiger partial charge is 0.357 e. The van der Waals surface area contributed by atoms with Crippen molar-refractivity contribution in [1.29, 1.82) is 0 Å². The highest BCUT2D eigenvalue weighted by Crippen LogP contribution is 2.16. The minimum atomic E-state index is -0.317. The van der Waals surface area contributed by atoms with Crippen molar-refractivity contribution in [3.05, 3.63) is 83.4 Å². The molecule has 0 aliphatic rings. The minimum absolute atomic E-state index is 0. The van der Waals surface area contributed by atoms with Crippen LogP contribution < -0.4 is 10.6 Å². The molecule has 3 rings (SSSR count). The fraction of sp³-hybridized carbons (Fsp3) is 0.238. The molecule has 1 heterocycles. The van der Waals surface area contributed by atoms with Gasteiger partial charge in [0.2, 0.25) is 0 Å². The number of aromatic nitrogens is 2. The number of hydrogen-bond acceptors (Lipinski definition) is 2. The third-order valence-corrected chi connectivity index (χ3v) is 4.21. The molecule has 29 heavy (non-hydrogen) atoms. The molecule has 0 fully saturated rings. The van der Waals surface area contributed by atoms with E-state index in [1.54, 1.807) is 29.1 Å². The maximum absolute atomic E-state index is 14.5. The molecule has 3 aromatic rings. The Morgan fingerprint density at radius 3 is 2.59 bits per heavy atom. The first-order valence-electron chi connectivity index (χ1n) is 9.12. The zero-order valence-electron chi connectivity index (χ0n) is 16.3. The van der Waals surface area contributed by atoms with Crippen LogP contribution in [0.25, 0.3) is 5.69 Å². The summed E-state index contributed by atoms with van der Waals surface area (Å²) >= 11 is 0. The van der Waals surface area contributed by atoms with Crippen LogP contribution in [0.4, 0.5) is 8.78 Å². The van der Waals surface area contributed by atoms with E-state index in [2.05, 4.69) is 20.6 Å². The fourth-order valence-electron chi connectivity index (χ4n) is 2.82. The maximum atomic E-state index is 14.5. The van der Waals surface area contributed by atoms with Crippen molar-refractivity contribution in [2.45, 2.75) is 26.9 Å². The molecule has 8 heteroatoms. The maximum Gasteiger partial charge on any atom is 0.191 e. The Labute approximate surface area is 186 Å². The lowest BCUT2D eigenvalue weighted by molar-refractivity contribution is 0.613. The Morgan fingerprint density at radius 1 is 1.10 bits per heavy atom. The molecule has 2 aromatic carbocycles.